The number of esters is 1. The third-order valence-electron chi connectivity index (χ3n) is 6.53. The number of carbonyl (C=O) groups is 2. The van der Waals surface area contributed by atoms with Gasteiger partial charge >= 0.3 is 5.97 Å². The van der Waals surface area contributed by atoms with E-state index in [1.54, 1.807) is 61.5 Å². The number of benzene rings is 2. The van der Waals surface area contributed by atoms with Gasteiger partial charge in [-0.2, -0.15) is 4.31 Å². The number of hydrogen-bond donors (Lipinski definition) is 0. The van der Waals surface area contributed by atoms with Gasteiger partial charge in [-0.25, -0.2) is 13.2 Å². The second-order valence-corrected chi connectivity index (χ2v) is 11.0. The lowest BCUT2D eigenvalue weighted by molar-refractivity contribution is -0.153. The summed E-state index contributed by atoms with van der Waals surface area (Å²) in [4.78, 5) is 25.7. The van der Waals surface area contributed by atoms with E-state index in [-0.39, 0.29) is 17.3 Å². The summed E-state index contributed by atoms with van der Waals surface area (Å²) in [6.07, 6.45) is -0.971. The smallest absolute Gasteiger partial charge is 0.351 e. The monoisotopic (exact) mass is 540 g/mol. The Labute approximate surface area is 220 Å². The second kappa shape index (κ2) is 10.6. The van der Waals surface area contributed by atoms with Gasteiger partial charge in [0.2, 0.25) is 21.9 Å². The number of fused-ring (bicyclic) bond motifs is 1. The molecule has 1 saturated heterocycles. The van der Waals surface area contributed by atoms with Crippen LogP contribution in [-0.2, 0) is 24.3 Å². The molecular weight excluding hydrogens is 512 g/mol. The first-order valence-corrected chi connectivity index (χ1v) is 13.7. The van der Waals surface area contributed by atoms with E-state index in [1.165, 1.54) is 4.31 Å². The molecular formula is C27H28N2O8S. The minimum Gasteiger partial charge on any atom is -0.485 e. The van der Waals surface area contributed by atoms with Crippen molar-refractivity contribution in [3.05, 3.63) is 71.5 Å². The zero-order valence-corrected chi connectivity index (χ0v) is 21.9. The van der Waals surface area contributed by atoms with Crippen molar-refractivity contribution >= 4 is 21.8 Å². The molecule has 200 valence electrons. The number of ketones is 1. The van der Waals surface area contributed by atoms with E-state index in [0.717, 1.165) is 5.69 Å². The summed E-state index contributed by atoms with van der Waals surface area (Å²) in [5.74, 6) is -0.0927. The van der Waals surface area contributed by atoms with Crippen molar-refractivity contribution in [1.29, 1.82) is 0 Å². The van der Waals surface area contributed by atoms with Crippen molar-refractivity contribution in [3.63, 3.8) is 0 Å². The van der Waals surface area contributed by atoms with E-state index >= 15 is 0 Å². The van der Waals surface area contributed by atoms with Crippen LogP contribution >= 0.6 is 0 Å². The number of rotatable bonds is 7. The molecule has 38 heavy (non-hydrogen) atoms. The fourth-order valence-electron chi connectivity index (χ4n) is 4.60. The van der Waals surface area contributed by atoms with Crippen LogP contribution in [0, 0.1) is 13.8 Å². The van der Waals surface area contributed by atoms with E-state index in [2.05, 4.69) is 0 Å². The highest BCUT2D eigenvalue weighted by Gasteiger charge is 2.30. The number of morpholine rings is 1. The number of hydrogen-bond acceptors (Lipinski definition) is 8. The molecule has 0 radical (unpaired) electrons. The first-order valence-electron chi connectivity index (χ1n) is 12.2. The van der Waals surface area contributed by atoms with Crippen LogP contribution in [-0.4, -0.2) is 74.7 Å². The Balaban J connectivity index is 1.30. The third-order valence-corrected chi connectivity index (χ3v) is 8.43. The van der Waals surface area contributed by atoms with Crippen LogP contribution in [0.5, 0.6) is 11.5 Å². The maximum atomic E-state index is 13.1. The molecule has 2 aliphatic heterocycles. The predicted molar refractivity (Wildman–Crippen MR) is 136 cm³/mol. The summed E-state index contributed by atoms with van der Waals surface area (Å²) >= 11 is 0. The number of para-hydroxylation sites is 2. The van der Waals surface area contributed by atoms with Crippen LogP contribution in [0.2, 0.25) is 0 Å². The molecule has 11 heteroatoms. The summed E-state index contributed by atoms with van der Waals surface area (Å²) in [5.41, 5.74) is 2.33. The van der Waals surface area contributed by atoms with Gasteiger partial charge in [-0.15, -0.1) is 0 Å². The highest BCUT2D eigenvalue weighted by molar-refractivity contribution is 7.89. The number of carbonyl (C=O) groups excluding carboxylic acids is 2. The number of nitrogens with zero attached hydrogens (tertiary/aromatic N) is 2. The lowest BCUT2D eigenvalue weighted by Gasteiger charge is -2.26. The van der Waals surface area contributed by atoms with Crippen molar-refractivity contribution in [2.45, 2.75) is 24.8 Å². The summed E-state index contributed by atoms with van der Waals surface area (Å²) < 4.78 is 51.2. The summed E-state index contributed by atoms with van der Waals surface area (Å²) in [7, 11) is -3.68. The largest absolute Gasteiger partial charge is 0.485 e. The van der Waals surface area contributed by atoms with Crippen molar-refractivity contribution in [1.82, 2.24) is 8.87 Å². The average molecular weight is 541 g/mol. The molecule has 3 heterocycles. The van der Waals surface area contributed by atoms with Crippen molar-refractivity contribution < 1.29 is 37.0 Å². The van der Waals surface area contributed by atoms with Crippen LogP contribution in [0.3, 0.4) is 0 Å². The zero-order chi connectivity index (χ0) is 26.9. The highest BCUT2D eigenvalue weighted by atomic mass is 32.2. The second-order valence-electron chi connectivity index (χ2n) is 9.03. The quantitative estimate of drug-likeness (QED) is 0.332. The summed E-state index contributed by atoms with van der Waals surface area (Å²) in [6, 6.07) is 15.3. The molecule has 0 aliphatic carbocycles. The molecule has 1 fully saturated rings. The van der Waals surface area contributed by atoms with Gasteiger partial charge in [0.1, 0.15) is 6.61 Å². The highest BCUT2D eigenvalue weighted by Crippen LogP contribution is 2.31. The van der Waals surface area contributed by atoms with Crippen molar-refractivity contribution in [3.8, 4) is 17.2 Å². The molecule has 0 saturated carbocycles. The maximum absolute atomic E-state index is 13.1. The fourth-order valence-corrected chi connectivity index (χ4v) is 6.05. The molecule has 10 nitrogen and oxygen atoms in total. The Kier molecular flexibility index (Phi) is 7.24. The van der Waals surface area contributed by atoms with Crippen LogP contribution in [0.4, 0.5) is 0 Å². The minimum absolute atomic E-state index is 0.0117. The van der Waals surface area contributed by atoms with Crippen LogP contribution in [0.1, 0.15) is 21.7 Å². The Morgan fingerprint density at radius 2 is 1.74 bits per heavy atom. The molecule has 0 amide bonds. The van der Waals surface area contributed by atoms with Gasteiger partial charge in [0.15, 0.2) is 18.1 Å². The van der Waals surface area contributed by atoms with Crippen molar-refractivity contribution in [2.24, 2.45) is 0 Å². The number of aryl methyl sites for hydroxylation is 1. The van der Waals surface area contributed by atoms with Gasteiger partial charge < -0.3 is 23.5 Å². The van der Waals surface area contributed by atoms with Crippen LogP contribution in [0.15, 0.2) is 59.5 Å². The first-order chi connectivity index (χ1) is 18.3. The Morgan fingerprint density at radius 1 is 1.00 bits per heavy atom. The first kappa shape index (κ1) is 26.0. The fraction of sp³-hybridized carbons (Fsp3) is 0.333. The van der Waals surface area contributed by atoms with Crippen LogP contribution in [0.25, 0.3) is 5.69 Å². The Morgan fingerprint density at radius 3 is 2.50 bits per heavy atom. The lowest BCUT2D eigenvalue weighted by atomic mass is 10.1. The standard InChI is InChI=1S/C27H28N2O8S/c1-18-14-22(23(30)16-36-27(31)26-17-35-24-8-3-4-9-25(24)37-26)19(2)29(18)20-6-5-7-21(15-20)38(32,33)28-10-12-34-13-11-28/h3-9,14-15,26H,10-13,16-17H2,1-2H3/t26-/m0/s1. The summed E-state index contributed by atoms with van der Waals surface area (Å²) in [5, 5.41) is 0. The Hall–Kier alpha value is -3.67. The van der Waals surface area contributed by atoms with E-state index in [1.807, 2.05) is 11.5 Å². The van der Waals surface area contributed by atoms with E-state index in [4.69, 9.17) is 18.9 Å². The lowest BCUT2D eigenvalue weighted by Crippen LogP contribution is -2.40. The maximum Gasteiger partial charge on any atom is 0.351 e. The number of sulfonamides is 1. The van der Waals surface area contributed by atoms with E-state index < -0.39 is 28.7 Å². The van der Waals surface area contributed by atoms with Gasteiger partial charge in [-0.3, -0.25) is 4.79 Å². The van der Waals surface area contributed by atoms with Gasteiger partial charge in [-0.05, 0) is 50.2 Å². The molecule has 1 atom stereocenters. The molecule has 0 bridgehead atoms. The number of Topliss-reactive ketones (excluding diaryl/α,β-unsaturated/α-hetero) is 1. The molecule has 3 aromatic rings. The molecule has 2 aliphatic rings. The molecule has 0 unspecified atom stereocenters. The topological polar surface area (TPSA) is 113 Å². The van der Waals surface area contributed by atoms with E-state index in [9.17, 15) is 18.0 Å². The van der Waals surface area contributed by atoms with Gasteiger partial charge in [0.25, 0.3) is 0 Å². The van der Waals surface area contributed by atoms with Crippen molar-refractivity contribution in [2.75, 3.05) is 39.5 Å². The SMILES string of the molecule is Cc1cc(C(=O)COC(=O)[C@@H]2COc3ccccc3O2)c(C)n1-c1cccc(S(=O)(=O)N2CCOCC2)c1. The zero-order valence-electron chi connectivity index (χ0n) is 21.1. The average Bonchev–Trinajstić information content (AvgIpc) is 3.25. The predicted octanol–water partition coefficient (Wildman–Crippen LogP) is 2.68. The minimum atomic E-state index is -3.68. The van der Waals surface area contributed by atoms with Crippen LogP contribution < -0.4 is 9.47 Å². The molecule has 5 rings (SSSR count). The number of aromatic nitrogens is 1. The normalized spacial score (nSPS) is 17.7. The molecule has 0 spiro atoms. The van der Waals surface area contributed by atoms with E-state index in [0.29, 0.717) is 54.7 Å². The number of ether oxygens (including phenoxy) is 4. The van der Waals surface area contributed by atoms with Gasteiger partial charge in [0.05, 0.1) is 18.1 Å². The molecule has 1 aromatic heterocycles. The molecule has 0 N–H and O–H groups in total. The van der Waals surface area contributed by atoms with Gasteiger partial charge in [0, 0.05) is 35.7 Å². The summed E-state index contributed by atoms with van der Waals surface area (Å²) in [6.45, 7) is 4.43. The molecule has 2 aromatic carbocycles. The Bertz CT molecular complexity index is 1470. The van der Waals surface area contributed by atoms with Gasteiger partial charge in [-0.1, -0.05) is 18.2 Å². The third kappa shape index (κ3) is 5.04.